The fourth-order valence-corrected chi connectivity index (χ4v) is 2.60. The van der Waals surface area contributed by atoms with E-state index in [-0.39, 0.29) is 5.56 Å². The van der Waals surface area contributed by atoms with Gasteiger partial charge in [-0.25, -0.2) is 4.68 Å². The molecule has 0 aliphatic heterocycles. The molecule has 1 aromatic heterocycles. The normalized spacial score (nSPS) is 10.9. The lowest BCUT2D eigenvalue weighted by Crippen LogP contribution is -2.14. The molecule has 0 saturated heterocycles. The predicted octanol–water partition coefficient (Wildman–Crippen LogP) is 3.50. The van der Waals surface area contributed by atoms with Crippen molar-refractivity contribution in [3.05, 3.63) is 49.8 Å². The van der Waals surface area contributed by atoms with Gasteiger partial charge in [0.05, 0.1) is 11.4 Å². The van der Waals surface area contributed by atoms with Crippen LogP contribution in [-0.2, 0) is 6.42 Å². The third-order valence-electron chi connectivity index (χ3n) is 2.87. The van der Waals surface area contributed by atoms with E-state index in [4.69, 9.17) is 0 Å². The molecule has 0 amide bonds. The van der Waals surface area contributed by atoms with Gasteiger partial charge in [0.2, 0.25) is 0 Å². The summed E-state index contributed by atoms with van der Waals surface area (Å²) in [5.41, 5.74) is 4.13. The van der Waals surface area contributed by atoms with Crippen LogP contribution in [0.3, 0.4) is 0 Å². The summed E-state index contributed by atoms with van der Waals surface area (Å²) >= 11 is 3.37. The van der Waals surface area contributed by atoms with Crippen LogP contribution in [0.4, 0.5) is 0 Å². The molecule has 1 heterocycles. The van der Waals surface area contributed by atoms with Crippen molar-refractivity contribution in [3.63, 3.8) is 0 Å². The fourth-order valence-electron chi connectivity index (χ4n) is 2.14. The second kappa shape index (κ2) is 5.14. The number of H-pyrrole nitrogens is 1. The summed E-state index contributed by atoms with van der Waals surface area (Å²) in [5, 5.41) is 3.18. The molecule has 0 unspecified atom stereocenters. The Morgan fingerprint density at radius 2 is 1.83 bits per heavy atom. The van der Waals surface area contributed by atoms with Crippen LogP contribution in [0.1, 0.15) is 30.2 Å². The number of rotatable bonds is 3. The van der Waals surface area contributed by atoms with E-state index in [0.29, 0.717) is 4.47 Å². The highest BCUT2D eigenvalue weighted by Crippen LogP contribution is 2.16. The lowest BCUT2D eigenvalue weighted by Gasteiger charge is -2.05. The van der Waals surface area contributed by atoms with Gasteiger partial charge in [-0.3, -0.25) is 9.89 Å². The van der Waals surface area contributed by atoms with E-state index < -0.39 is 0 Å². The maximum absolute atomic E-state index is 12.2. The number of aromatic amines is 1. The average Bonchev–Trinajstić information content (AvgIpc) is 2.57. The summed E-state index contributed by atoms with van der Waals surface area (Å²) in [6, 6.07) is 6.11. The molecule has 3 nitrogen and oxygen atoms in total. The number of halogens is 1. The zero-order valence-corrected chi connectivity index (χ0v) is 12.5. The smallest absolute Gasteiger partial charge is 0.285 e. The molecule has 0 aliphatic carbocycles. The van der Waals surface area contributed by atoms with Crippen molar-refractivity contribution in [2.24, 2.45) is 0 Å². The Morgan fingerprint density at radius 1 is 1.22 bits per heavy atom. The zero-order valence-electron chi connectivity index (χ0n) is 10.9. The van der Waals surface area contributed by atoms with Crippen LogP contribution in [-0.4, -0.2) is 9.78 Å². The number of hydrogen-bond acceptors (Lipinski definition) is 1. The van der Waals surface area contributed by atoms with E-state index in [9.17, 15) is 4.79 Å². The Kier molecular flexibility index (Phi) is 3.76. The average molecular weight is 309 g/mol. The van der Waals surface area contributed by atoms with Crippen molar-refractivity contribution in [1.82, 2.24) is 9.78 Å². The van der Waals surface area contributed by atoms with E-state index >= 15 is 0 Å². The summed E-state index contributed by atoms with van der Waals surface area (Å²) in [4.78, 5) is 12.2. The lowest BCUT2D eigenvalue weighted by molar-refractivity contribution is 0.792. The Balaban J connectivity index is 2.57. The molecule has 4 heteroatoms. The standard InChI is InChI=1S/C14H17BrN2O/c1-4-5-12-13(15)14(18)17(16-12)11-7-9(2)6-10(3)8-11/h6-8,16H,4-5H2,1-3H3. The molecule has 2 rings (SSSR count). The Morgan fingerprint density at radius 3 is 2.39 bits per heavy atom. The lowest BCUT2D eigenvalue weighted by atomic mass is 10.1. The maximum atomic E-state index is 12.2. The molecule has 0 spiro atoms. The number of nitrogens with zero attached hydrogens (tertiary/aromatic N) is 1. The molecule has 2 aromatic rings. The minimum Gasteiger partial charge on any atom is -0.294 e. The largest absolute Gasteiger partial charge is 0.294 e. The van der Waals surface area contributed by atoms with Gasteiger partial charge in [0.1, 0.15) is 4.47 Å². The monoisotopic (exact) mass is 308 g/mol. The Hall–Kier alpha value is -1.29. The molecular weight excluding hydrogens is 292 g/mol. The first-order chi connectivity index (χ1) is 8.52. The van der Waals surface area contributed by atoms with Crippen LogP contribution in [0.25, 0.3) is 5.69 Å². The first kappa shape index (κ1) is 13.1. The molecule has 1 aromatic carbocycles. The van der Waals surface area contributed by atoms with Crippen LogP contribution >= 0.6 is 15.9 Å². The number of nitrogens with one attached hydrogen (secondary N) is 1. The van der Waals surface area contributed by atoms with Crippen molar-refractivity contribution >= 4 is 15.9 Å². The molecule has 96 valence electrons. The topological polar surface area (TPSA) is 37.8 Å². The highest BCUT2D eigenvalue weighted by atomic mass is 79.9. The molecule has 0 bridgehead atoms. The molecule has 0 saturated carbocycles. The van der Waals surface area contributed by atoms with Gasteiger partial charge in [0, 0.05) is 0 Å². The quantitative estimate of drug-likeness (QED) is 0.926. The van der Waals surface area contributed by atoms with Crippen molar-refractivity contribution in [2.45, 2.75) is 33.6 Å². The van der Waals surface area contributed by atoms with Crippen LogP contribution in [0.15, 0.2) is 27.5 Å². The summed E-state index contributed by atoms with van der Waals surface area (Å²) < 4.78 is 2.25. The summed E-state index contributed by atoms with van der Waals surface area (Å²) in [6.45, 7) is 6.16. The molecule has 0 aliphatic rings. The van der Waals surface area contributed by atoms with Crippen LogP contribution in [0.2, 0.25) is 0 Å². The summed E-state index contributed by atoms with van der Waals surface area (Å²) in [7, 11) is 0. The number of benzene rings is 1. The SMILES string of the molecule is CCCc1[nH]n(-c2cc(C)cc(C)c2)c(=O)c1Br. The fraction of sp³-hybridized carbons (Fsp3) is 0.357. The molecule has 18 heavy (non-hydrogen) atoms. The molecule has 0 fully saturated rings. The third kappa shape index (κ3) is 2.43. The first-order valence-corrected chi connectivity index (χ1v) is 6.90. The van der Waals surface area contributed by atoms with Gasteiger partial charge in [-0.05, 0) is 59.5 Å². The van der Waals surface area contributed by atoms with Crippen LogP contribution < -0.4 is 5.56 Å². The molecule has 0 radical (unpaired) electrons. The van der Waals surface area contributed by atoms with Crippen molar-refractivity contribution in [1.29, 1.82) is 0 Å². The zero-order chi connectivity index (χ0) is 13.3. The highest BCUT2D eigenvalue weighted by molar-refractivity contribution is 9.10. The van der Waals surface area contributed by atoms with E-state index in [1.807, 2.05) is 26.0 Å². The van der Waals surface area contributed by atoms with Gasteiger partial charge in [-0.1, -0.05) is 19.4 Å². The van der Waals surface area contributed by atoms with E-state index in [1.54, 1.807) is 4.68 Å². The van der Waals surface area contributed by atoms with Gasteiger partial charge < -0.3 is 0 Å². The maximum Gasteiger partial charge on any atom is 0.285 e. The predicted molar refractivity (Wildman–Crippen MR) is 77.6 cm³/mol. The second-order valence-electron chi connectivity index (χ2n) is 4.64. The molecular formula is C14H17BrN2O. The van der Waals surface area contributed by atoms with Gasteiger partial charge in [-0.2, -0.15) is 0 Å². The summed E-state index contributed by atoms with van der Waals surface area (Å²) in [5.74, 6) is 0. The van der Waals surface area contributed by atoms with E-state index in [2.05, 4.69) is 34.0 Å². The van der Waals surface area contributed by atoms with Gasteiger partial charge in [0.15, 0.2) is 0 Å². The van der Waals surface area contributed by atoms with Crippen LogP contribution in [0, 0.1) is 13.8 Å². The van der Waals surface area contributed by atoms with Crippen molar-refractivity contribution in [2.75, 3.05) is 0 Å². The van der Waals surface area contributed by atoms with E-state index in [1.165, 1.54) is 0 Å². The number of hydrogen-bond donors (Lipinski definition) is 1. The second-order valence-corrected chi connectivity index (χ2v) is 5.43. The minimum absolute atomic E-state index is 0.0246. The number of aromatic nitrogens is 2. The first-order valence-electron chi connectivity index (χ1n) is 6.11. The van der Waals surface area contributed by atoms with Gasteiger partial charge in [0.25, 0.3) is 5.56 Å². The van der Waals surface area contributed by atoms with Crippen LogP contribution in [0.5, 0.6) is 0 Å². The van der Waals surface area contributed by atoms with E-state index in [0.717, 1.165) is 35.3 Å². The Bertz CT molecular complexity index is 605. The summed E-state index contributed by atoms with van der Waals surface area (Å²) in [6.07, 6.45) is 1.87. The van der Waals surface area contributed by atoms with Gasteiger partial charge in [-0.15, -0.1) is 0 Å². The molecule has 1 N–H and O–H groups in total. The van der Waals surface area contributed by atoms with Gasteiger partial charge >= 0.3 is 0 Å². The minimum atomic E-state index is -0.0246. The number of aryl methyl sites for hydroxylation is 3. The molecule has 0 atom stereocenters. The van der Waals surface area contributed by atoms with Crippen molar-refractivity contribution < 1.29 is 0 Å². The van der Waals surface area contributed by atoms with Crippen molar-refractivity contribution in [3.8, 4) is 5.69 Å². The third-order valence-corrected chi connectivity index (χ3v) is 3.69. The Labute approximate surface area is 115 Å². The highest BCUT2D eigenvalue weighted by Gasteiger charge is 2.12.